The minimum atomic E-state index is 0.0989. The van der Waals surface area contributed by atoms with E-state index in [0.29, 0.717) is 5.41 Å². The second-order valence-corrected chi connectivity index (χ2v) is 8.56. The zero-order valence-corrected chi connectivity index (χ0v) is 14.7. The quantitative estimate of drug-likeness (QED) is 0.841. The van der Waals surface area contributed by atoms with Gasteiger partial charge in [0.1, 0.15) is 0 Å². The summed E-state index contributed by atoms with van der Waals surface area (Å²) in [7, 11) is 0. The van der Waals surface area contributed by atoms with Gasteiger partial charge in [-0.25, -0.2) is 0 Å². The third kappa shape index (κ3) is 3.27. The van der Waals surface area contributed by atoms with Gasteiger partial charge in [-0.3, -0.25) is 9.59 Å². The van der Waals surface area contributed by atoms with E-state index < -0.39 is 0 Å². The minimum Gasteiger partial charge on any atom is -0.337 e. The summed E-state index contributed by atoms with van der Waals surface area (Å²) < 4.78 is 0. The molecule has 0 bridgehead atoms. The number of anilines is 1. The van der Waals surface area contributed by atoms with Crippen molar-refractivity contribution in [3.05, 3.63) is 29.2 Å². The molecule has 2 aliphatic carbocycles. The second-order valence-electron chi connectivity index (χ2n) is 7.47. The number of nitrogens with zero attached hydrogens (tertiary/aromatic N) is 1. The van der Waals surface area contributed by atoms with E-state index in [1.165, 1.54) is 24.2 Å². The van der Waals surface area contributed by atoms with Crippen LogP contribution in [0.25, 0.3) is 0 Å². The highest BCUT2D eigenvalue weighted by Gasteiger charge is 2.37. The average Bonchev–Trinajstić information content (AvgIpc) is 3.35. The van der Waals surface area contributed by atoms with Crippen LogP contribution in [-0.2, 0) is 4.79 Å². The van der Waals surface area contributed by atoms with Crippen molar-refractivity contribution in [2.75, 3.05) is 18.4 Å². The van der Waals surface area contributed by atoms with Crippen LogP contribution in [-0.4, -0.2) is 29.8 Å². The van der Waals surface area contributed by atoms with Crippen molar-refractivity contribution in [3.8, 4) is 0 Å². The van der Waals surface area contributed by atoms with Gasteiger partial charge >= 0.3 is 0 Å². The molecule has 5 heteroatoms. The molecule has 128 valence electrons. The molecule has 1 atom stereocenters. The molecule has 2 heterocycles. The molecule has 1 aliphatic heterocycles. The van der Waals surface area contributed by atoms with Crippen molar-refractivity contribution >= 4 is 28.2 Å². The first-order valence-electron chi connectivity index (χ1n) is 9.00. The Hall–Kier alpha value is -1.62. The first kappa shape index (κ1) is 15.9. The van der Waals surface area contributed by atoms with Crippen LogP contribution >= 0.6 is 11.3 Å². The fraction of sp³-hybridized carbons (Fsp3) is 0.579. The summed E-state index contributed by atoms with van der Waals surface area (Å²) >= 11 is 1.41. The van der Waals surface area contributed by atoms with E-state index in [0.717, 1.165) is 55.1 Å². The Kier molecular flexibility index (Phi) is 4.21. The van der Waals surface area contributed by atoms with Crippen molar-refractivity contribution in [2.45, 2.75) is 44.9 Å². The first-order valence-corrected chi connectivity index (χ1v) is 9.82. The third-order valence-corrected chi connectivity index (χ3v) is 6.51. The Morgan fingerprint density at radius 3 is 2.83 bits per heavy atom. The zero-order valence-electron chi connectivity index (χ0n) is 13.9. The van der Waals surface area contributed by atoms with Crippen molar-refractivity contribution in [2.24, 2.45) is 11.3 Å². The number of amides is 2. The summed E-state index contributed by atoms with van der Waals surface area (Å²) in [5, 5.41) is 3.73. The Morgan fingerprint density at radius 1 is 1.21 bits per heavy atom. The predicted molar refractivity (Wildman–Crippen MR) is 96.2 cm³/mol. The van der Waals surface area contributed by atoms with E-state index >= 15 is 0 Å². The average molecular weight is 344 g/mol. The summed E-state index contributed by atoms with van der Waals surface area (Å²) in [5.41, 5.74) is 0.295. The van der Waals surface area contributed by atoms with Crippen LogP contribution in [0, 0.1) is 11.3 Å². The number of hydrogen-bond acceptors (Lipinski definition) is 3. The molecule has 24 heavy (non-hydrogen) atoms. The largest absolute Gasteiger partial charge is 0.337 e. The van der Waals surface area contributed by atoms with E-state index in [9.17, 15) is 9.59 Å². The topological polar surface area (TPSA) is 49.4 Å². The Bertz CT molecular complexity index is 677. The third-order valence-electron chi connectivity index (χ3n) is 5.52. The van der Waals surface area contributed by atoms with Crippen LogP contribution < -0.4 is 5.32 Å². The Morgan fingerprint density at radius 2 is 2.08 bits per heavy atom. The van der Waals surface area contributed by atoms with Gasteiger partial charge < -0.3 is 10.2 Å². The van der Waals surface area contributed by atoms with Crippen molar-refractivity contribution in [1.29, 1.82) is 0 Å². The summed E-state index contributed by atoms with van der Waals surface area (Å²) in [4.78, 5) is 27.5. The number of rotatable bonds is 3. The maximum Gasteiger partial charge on any atom is 0.264 e. The summed E-state index contributed by atoms with van der Waals surface area (Å²) in [6.45, 7) is 1.73. The molecule has 2 fully saturated rings. The SMILES string of the molecule is O=C(Nc1ccc(C(=O)N2CCCC3(CC=CCC3)C2)s1)C1CC1. The van der Waals surface area contributed by atoms with Gasteiger partial charge in [0.05, 0.1) is 9.88 Å². The lowest BCUT2D eigenvalue weighted by Crippen LogP contribution is -2.46. The lowest BCUT2D eigenvalue weighted by molar-refractivity contribution is -0.117. The molecule has 1 aromatic rings. The van der Waals surface area contributed by atoms with Gasteiger partial charge in [0.25, 0.3) is 5.91 Å². The van der Waals surface area contributed by atoms with Crippen LogP contribution in [0.15, 0.2) is 24.3 Å². The fourth-order valence-electron chi connectivity index (χ4n) is 3.94. The van der Waals surface area contributed by atoms with Gasteiger partial charge in [-0.15, -0.1) is 11.3 Å². The number of piperidine rings is 1. The molecule has 2 amide bonds. The number of allylic oxidation sites excluding steroid dienone is 2. The monoisotopic (exact) mass is 344 g/mol. The van der Waals surface area contributed by atoms with E-state index in [1.807, 2.05) is 17.0 Å². The van der Waals surface area contributed by atoms with Gasteiger partial charge in [-0.2, -0.15) is 0 Å². The zero-order chi connectivity index (χ0) is 16.6. The number of carbonyl (C=O) groups is 2. The highest BCUT2D eigenvalue weighted by Crippen LogP contribution is 2.41. The summed E-state index contributed by atoms with van der Waals surface area (Å²) in [6.07, 6.45) is 12.3. The van der Waals surface area contributed by atoms with E-state index in [4.69, 9.17) is 0 Å². The van der Waals surface area contributed by atoms with Crippen molar-refractivity contribution < 1.29 is 9.59 Å². The van der Waals surface area contributed by atoms with Crippen LogP contribution in [0.1, 0.15) is 54.6 Å². The van der Waals surface area contributed by atoms with Crippen molar-refractivity contribution in [1.82, 2.24) is 4.90 Å². The lowest BCUT2D eigenvalue weighted by atomic mass is 9.71. The van der Waals surface area contributed by atoms with Crippen LogP contribution in [0.3, 0.4) is 0 Å². The normalized spacial score (nSPS) is 26.6. The second kappa shape index (κ2) is 6.36. The number of likely N-dealkylation sites (tertiary alicyclic amines) is 1. The minimum absolute atomic E-state index is 0.0989. The van der Waals surface area contributed by atoms with E-state index in [-0.39, 0.29) is 17.7 Å². The standard InChI is InChI=1S/C19H24N2O2S/c22-17(14-5-6-14)20-16-8-7-15(24-16)18(23)21-12-4-11-19(13-21)9-2-1-3-10-19/h1-2,7-8,14H,3-6,9-13H2,(H,20,22). The van der Waals surface area contributed by atoms with Gasteiger partial charge in [0.15, 0.2) is 0 Å². The molecule has 1 unspecified atom stereocenters. The highest BCUT2D eigenvalue weighted by atomic mass is 32.1. The molecular formula is C19H24N2O2S. The first-order chi connectivity index (χ1) is 11.7. The van der Waals surface area contributed by atoms with Crippen molar-refractivity contribution in [3.63, 3.8) is 0 Å². The molecule has 3 aliphatic rings. The fourth-order valence-corrected chi connectivity index (χ4v) is 4.82. The number of carbonyl (C=O) groups excluding carboxylic acids is 2. The van der Waals surface area contributed by atoms with Crippen LogP contribution in [0.4, 0.5) is 5.00 Å². The Balaban J connectivity index is 1.42. The lowest BCUT2D eigenvalue weighted by Gasteiger charge is -2.43. The molecule has 1 saturated carbocycles. The predicted octanol–water partition coefficient (Wildman–Crippen LogP) is 4.06. The smallest absolute Gasteiger partial charge is 0.264 e. The molecule has 1 aromatic heterocycles. The molecule has 0 radical (unpaired) electrons. The molecule has 1 spiro atoms. The molecule has 0 aromatic carbocycles. The maximum atomic E-state index is 12.9. The summed E-state index contributed by atoms with van der Waals surface area (Å²) in [6, 6.07) is 3.72. The highest BCUT2D eigenvalue weighted by molar-refractivity contribution is 7.18. The van der Waals surface area contributed by atoms with Crippen LogP contribution in [0.5, 0.6) is 0 Å². The maximum absolute atomic E-state index is 12.9. The van der Waals surface area contributed by atoms with E-state index in [2.05, 4.69) is 17.5 Å². The van der Waals surface area contributed by atoms with Gasteiger partial charge in [0.2, 0.25) is 5.91 Å². The van der Waals surface area contributed by atoms with Gasteiger partial charge in [0, 0.05) is 19.0 Å². The number of hydrogen-bond donors (Lipinski definition) is 1. The molecule has 4 rings (SSSR count). The van der Waals surface area contributed by atoms with E-state index in [1.54, 1.807) is 0 Å². The molecule has 1 N–H and O–H groups in total. The molecular weight excluding hydrogens is 320 g/mol. The van der Waals surface area contributed by atoms with Gasteiger partial charge in [-0.1, -0.05) is 12.2 Å². The summed E-state index contributed by atoms with van der Waals surface area (Å²) in [5.74, 6) is 0.412. The molecule has 1 saturated heterocycles. The Labute approximate surface area is 146 Å². The van der Waals surface area contributed by atoms with Gasteiger partial charge in [-0.05, 0) is 62.5 Å². The van der Waals surface area contributed by atoms with Crippen LogP contribution in [0.2, 0.25) is 0 Å². The number of nitrogens with one attached hydrogen (secondary N) is 1. The number of thiophene rings is 1. The molecule has 4 nitrogen and oxygen atoms in total.